The highest BCUT2D eigenvalue weighted by Gasteiger charge is 2.12. The molecule has 2 rings (SSSR count). The molecule has 0 amide bonds. The maximum atomic E-state index is 5.95. The molecule has 0 aliphatic rings. The standard InChI is InChI=1S/C14H14ClNO/c1-2-5-13(14-8-4-9-17-14)16-12-7-3-6-11(15)10-12/h2-4,6-10,13,16H,1,5H2/t13-/m1/s1. The molecule has 2 aromatic rings. The molecule has 2 nitrogen and oxygen atoms in total. The lowest BCUT2D eigenvalue weighted by molar-refractivity contribution is 0.480. The van der Waals surface area contributed by atoms with Crippen molar-refractivity contribution >= 4 is 17.3 Å². The minimum absolute atomic E-state index is 0.0842. The summed E-state index contributed by atoms with van der Waals surface area (Å²) in [5.41, 5.74) is 0.973. The summed E-state index contributed by atoms with van der Waals surface area (Å²) in [6.45, 7) is 3.76. The number of halogens is 1. The normalized spacial score (nSPS) is 12.1. The third-order valence-corrected chi connectivity index (χ3v) is 2.69. The molecule has 0 radical (unpaired) electrons. The predicted octanol–water partition coefficient (Wildman–Crippen LogP) is 4.66. The maximum absolute atomic E-state index is 5.95. The van der Waals surface area contributed by atoms with Crippen molar-refractivity contribution in [3.05, 3.63) is 66.1 Å². The van der Waals surface area contributed by atoms with E-state index in [1.807, 2.05) is 42.5 Å². The first-order valence-corrected chi connectivity index (χ1v) is 5.84. The molecule has 0 unspecified atom stereocenters. The molecule has 3 heteroatoms. The first-order valence-electron chi connectivity index (χ1n) is 5.46. The van der Waals surface area contributed by atoms with Crippen LogP contribution in [0.3, 0.4) is 0 Å². The minimum atomic E-state index is 0.0842. The maximum Gasteiger partial charge on any atom is 0.126 e. The Morgan fingerprint density at radius 1 is 1.35 bits per heavy atom. The van der Waals surface area contributed by atoms with E-state index < -0.39 is 0 Å². The molecule has 88 valence electrons. The summed E-state index contributed by atoms with van der Waals surface area (Å²) in [5.74, 6) is 0.893. The summed E-state index contributed by atoms with van der Waals surface area (Å²) in [5, 5.41) is 4.09. The highest BCUT2D eigenvalue weighted by atomic mass is 35.5. The third kappa shape index (κ3) is 3.14. The predicted molar refractivity (Wildman–Crippen MR) is 71.3 cm³/mol. The van der Waals surface area contributed by atoms with Crippen LogP contribution < -0.4 is 5.32 Å². The zero-order chi connectivity index (χ0) is 12.1. The van der Waals surface area contributed by atoms with E-state index in [4.69, 9.17) is 16.0 Å². The van der Waals surface area contributed by atoms with Gasteiger partial charge in [0.1, 0.15) is 5.76 Å². The summed E-state index contributed by atoms with van der Waals surface area (Å²) in [6.07, 6.45) is 4.33. The van der Waals surface area contributed by atoms with E-state index in [9.17, 15) is 0 Å². The van der Waals surface area contributed by atoms with Gasteiger partial charge in [-0.25, -0.2) is 0 Å². The molecule has 1 atom stereocenters. The fourth-order valence-electron chi connectivity index (χ4n) is 1.68. The van der Waals surface area contributed by atoms with Crippen LogP contribution in [0, 0.1) is 0 Å². The van der Waals surface area contributed by atoms with E-state index in [0.29, 0.717) is 5.02 Å². The molecule has 1 N–H and O–H groups in total. The lowest BCUT2D eigenvalue weighted by atomic mass is 10.1. The fourth-order valence-corrected chi connectivity index (χ4v) is 1.87. The molecule has 0 fully saturated rings. The van der Waals surface area contributed by atoms with Crippen LogP contribution in [0.25, 0.3) is 0 Å². The molecule has 0 spiro atoms. The van der Waals surface area contributed by atoms with Gasteiger partial charge in [-0.1, -0.05) is 23.7 Å². The van der Waals surface area contributed by atoms with Crippen molar-refractivity contribution in [1.82, 2.24) is 0 Å². The smallest absolute Gasteiger partial charge is 0.126 e. The van der Waals surface area contributed by atoms with E-state index in [2.05, 4.69) is 11.9 Å². The molecule has 0 aliphatic heterocycles. The lowest BCUT2D eigenvalue weighted by Crippen LogP contribution is -2.08. The van der Waals surface area contributed by atoms with Crippen LogP contribution in [0.5, 0.6) is 0 Å². The Morgan fingerprint density at radius 2 is 2.24 bits per heavy atom. The van der Waals surface area contributed by atoms with E-state index in [1.165, 1.54) is 0 Å². The highest BCUT2D eigenvalue weighted by Crippen LogP contribution is 2.24. The molecule has 0 saturated heterocycles. The zero-order valence-corrected chi connectivity index (χ0v) is 10.2. The van der Waals surface area contributed by atoms with E-state index >= 15 is 0 Å². The van der Waals surface area contributed by atoms with Gasteiger partial charge in [0.15, 0.2) is 0 Å². The van der Waals surface area contributed by atoms with Crippen LogP contribution >= 0.6 is 11.6 Å². The third-order valence-electron chi connectivity index (χ3n) is 2.45. The van der Waals surface area contributed by atoms with Gasteiger partial charge in [-0.05, 0) is 36.8 Å². The second kappa shape index (κ2) is 5.60. The molecule has 0 bridgehead atoms. The summed E-state index contributed by atoms with van der Waals surface area (Å²) in [7, 11) is 0. The topological polar surface area (TPSA) is 25.2 Å². The molecule has 1 heterocycles. The molecule has 0 saturated carbocycles. The van der Waals surface area contributed by atoms with Crippen LogP contribution in [0.2, 0.25) is 5.02 Å². The molecular weight excluding hydrogens is 234 g/mol. The Bertz CT molecular complexity index is 479. The molecule has 0 aliphatic carbocycles. The van der Waals surface area contributed by atoms with Crippen molar-refractivity contribution in [3.63, 3.8) is 0 Å². The quantitative estimate of drug-likeness (QED) is 0.778. The summed E-state index contributed by atoms with van der Waals surface area (Å²) < 4.78 is 5.41. The van der Waals surface area contributed by atoms with Gasteiger partial charge in [0.25, 0.3) is 0 Å². The average Bonchev–Trinajstić information content (AvgIpc) is 2.82. The second-order valence-electron chi connectivity index (χ2n) is 3.75. The van der Waals surface area contributed by atoms with E-state index in [0.717, 1.165) is 17.9 Å². The molecule has 17 heavy (non-hydrogen) atoms. The fraction of sp³-hybridized carbons (Fsp3) is 0.143. The van der Waals surface area contributed by atoms with Gasteiger partial charge < -0.3 is 9.73 Å². The van der Waals surface area contributed by atoms with Gasteiger partial charge in [0.2, 0.25) is 0 Å². The summed E-state index contributed by atoms with van der Waals surface area (Å²) in [6, 6.07) is 11.5. The Kier molecular flexibility index (Phi) is 3.89. The molecule has 1 aromatic carbocycles. The van der Waals surface area contributed by atoms with Crippen molar-refractivity contribution in [3.8, 4) is 0 Å². The Hall–Kier alpha value is -1.67. The molecule has 1 aromatic heterocycles. The minimum Gasteiger partial charge on any atom is -0.467 e. The van der Waals surface area contributed by atoms with Crippen molar-refractivity contribution in [2.45, 2.75) is 12.5 Å². The first kappa shape index (κ1) is 11.8. The summed E-state index contributed by atoms with van der Waals surface area (Å²) >= 11 is 5.95. The average molecular weight is 248 g/mol. The van der Waals surface area contributed by atoms with Crippen molar-refractivity contribution in [2.24, 2.45) is 0 Å². The number of hydrogen-bond acceptors (Lipinski definition) is 2. The van der Waals surface area contributed by atoms with Gasteiger partial charge in [-0.2, -0.15) is 0 Å². The number of nitrogens with one attached hydrogen (secondary N) is 1. The highest BCUT2D eigenvalue weighted by molar-refractivity contribution is 6.30. The number of hydrogen-bond donors (Lipinski definition) is 1. The monoisotopic (exact) mass is 247 g/mol. The zero-order valence-electron chi connectivity index (χ0n) is 9.40. The SMILES string of the molecule is C=CC[C@@H](Nc1cccc(Cl)c1)c1ccco1. The molecular formula is C14H14ClNO. The van der Waals surface area contributed by atoms with Gasteiger partial charge in [-0.3, -0.25) is 0 Å². The van der Waals surface area contributed by atoms with Gasteiger partial charge >= 0.3 is 0 Å². The number of rotatable bonds is 5. The van der Waals surface area contributed by atoms with Crippen LogP contribution in [-0.4, -0.2) is 0 Å². The Balaban J connectivity index is 2.15. The Labute approximate surface area is 106 Å². The van der Waals surface area contributed by atoms with Crippen molar-refractivity contribution in [1.29, 1.82) is 0 Å². The number of benzene rings is 1. The lowest BCUT2D eigenvalue weighted by Gasteiger charge is -2.16. The number of anilines is 1. The number of furan rings is 1. The van der Waals surface area contributed by atoms with Gasteiger partial charge in [-0.15, -0.1) is 6.58 Å². The van der Waals surface area contributed by atoms with Crippen LogP contribution in [0.4, 0.5) is 5.69 Å². The largest absolute Gasteiger partial charge is 0.467 e. The van der Waals surface area contributed by atoms with Crippen molar-refractivity contribution < 1.29 is 4.42 Å². The van der Waals surface area contributed by atoms with Crippen LogP contribution in [0.1, 0.15) is 18.2 Å². The van der Waals surface area contributed by atoms with Gasteiger partial charge in [0, 0.05) is 10.7 Å². The van der Waals surface area contributed by atoms with Crippen LogP contribution in [-0.2, 0) is 0 Å². The van der Waals surface area contributed by atoms with Crippen LogP contribution in [0.15, 0.2) is 59.7 Å². The van der Waals surface area contributed by atoms with Crippen molar-refractivity contribution in [2.75, 3.05) is 5.32 Å². The Morgan fingerprint density at radius 3 is 2.88 bits per heavy atom. The second-order valence-corrected chi connectivity index (χ2v) is 4.18. The van der Waals surface area contributed by atoms with E-state index in [1.54, 1.807) is 6.26 Å². The van der Waals surface area contributed by atoms with E-state index in [-0.39, 0.29) is 6.04 Å². The van der Waals surface area contributed by atoms with Gasteiger partial charge in [0.05, 0.1) is 12.3 Å². The first-order chi connectivity index (χ1) is 8.29. The summed E-state index contributed by atoms with van der Waals surface area (Å²) in [4.78, 5) is 0.